The van der Waals surface area contributed by atoms with Crippen molar-refractivity contribution >= 4 is 34.5 Å². The molecule has 1 unspecified atom stereocenters. The fraction of sp³-hybridized carbons (Fsp3) is 0.250. The van der Waals surface area contributed by atoms with Crippen LogP contribution in [0.1, 0.15) is 34.8 Å². The topological polar surface area (TPSA) is 80.9 Å². The number of pyridine rings is 1. The van der Waals surface area contributed by atoms with Gasteiger partial charge in [-0.25, -0.2) is 9.97 Å². The molecule has 0 aliphatic rings. The van der Waals surface area contributed by atoms with E-state index in [4.69, 9.17) is 17.3 Å². The second-order valence-electron chi connectivity index (χ2n) is 3.90. The van der Waals surface area contributed by atoms with E-state index in [0.29, 0.717) is 11.3 Å². The molecule has 2 heterocycles. The standard InChI is InChI=1S/C12H13ClN4OS/c1-2-9(12-15-3-4-19-12)17-11(18)7-5-10(13)16-6-8(7)14/h3-6,9H,2,14H2,1H3,(H,17,18). The quantitative estimate of drug-likeness (QED) is 0.850. The van der Waals surface area contributed by atoms with Crippen molar-refractivity contribution < 1.29 is 4.79 Å². The van der Waals surface area contributed by atoms with E-state index in [1.807, 2.05) is 12.3 Å². The lowest BCUT2D eigenvalue weighted by molar-refractivity contribution is 0.0936. The second kappa shape index (κ2) is 5.99. The molecule has 0 saturated carbocycles. The first-order valence-electron chi connectivity index (χ1n) is 5.73. The first-order chi connectivity index (χ1) is 9.11. The van der Waals surface area contributed by atoms with Gasteiger partial charge >= 0.3 is 0 Å². The summed E-state index contributed by atoms with van der Waals surface area (Å²) in [5.74, 6) is -0.274. The molecule has 2 aromatic rings. The molecule has 0 aliphatic heterocycles. The Labute approximate surface area is 119 Å². The number of carbonyl (C=O) groups is 1. The zero-order chi connectivity index (χ0) is 13.8. The highest BCUT2D eigenvalue weighted by molar-refractivity contribution is 7.09. The first-order valence-corrected chi connectivity index (χ1v) is 6.98. The molecule has 7 heteroatoms. The van der Waals surface area contributed by atoms with E-state index in [9.17, 15) is 4.79 Å². The van der Waals surface area contributed by atoms with Gasteiger partial charge in [-0.2, -0.15) is 0 Å². The van der Waals surface area contributed by atoms with Crippen LogP contribution in [0.3, 0.4) is 0 Å². The number of aromatic nitrogens is 2. The maximum Gasteiger partial charge on any atom is 0.254 e. The van der Waals surface area contributed by atoms with Crippen molar-refractivity contribution in [2.24, 2.45) is 0 Å². The number of nitrogens with two attached hydrogens (primary N) is 1. The molecular formula is C12H13ClN4OS. The van der Waals surface area contributed by atoms with Crippen molar-refractivity contribution in [2.75, 3.05) is 5.73 Å². The lowest BCUT2D eigenvalue weighted by atomic mass is 10.2. The van der Waals surface area contributed by atoms with Crippen molar-refractivity contribution in [3.05, 3.63) is 39.6 Å². The van der Waals surface area contributed by atoms with Gasteiger partial charge in [-0.1, -0.05) is 18.5 Å². The molecule has 2 rings (SSSR count). The normalized spacial score (nSPS) is 12.1. The summed E-state index contributed by atoms with van der Waals surface area (Å²) in [7, 11) is 0. The van der Waals surface area contributed by atoms with E-state index >= 15 is 0 Å². The number of hydrogen-bond donors (Lipinski definition) is 2. The third-order valence-corrected chi connectivity index (χ3v) is 3.71. The number of thiazole rings is 1. The van der Waals surface area contributed by atoms with Gasteiger partial charge in [-0.3, -0.25) is 4.79 Å². The lowest BCUT2D eigenvalue weighted by Gasteiger charge is -2.15. The SMILES string of the molecule is CCC(NC(=O)c1cc(Cl)ncc1N)c1nccs1. The molecule has 3 N–H and O–H groups in total. The van der Waals surface area contributed by atoms with E-state index in [-0.39, 0.29) is 17.1 Å². The summed E-state index contributed by atoms with van der Waals surface area (Å²) in [4.78, 5) is 20.2. The Morgan fingerprint density at radius 1 is 1.58 bits per heavy atom. The number of carbonyl (C=O) groups excluding carboxylic acids is 1. The molecule has 5 nitrogen and oxygen atoms in total. The van der Waals surface area contributed by atoms with Gasteiger partial charge in [-0.15, -0.1) is 11.3 Å². The summed E-state index contributed by atoms with van der Waals surface area (Å²) in [6.45, 7) is 1.98. The minimum atomic E-state index is -0.274. The minimum Gasteiger partial charge on any atom is -0.397 e. The fourth-order valence-electron chi connectivity index (χ4n) is 1.62. The Hall–Kier alpha value is -1.66. The molecule has 0 bridgehead atoms. The maximum absolute atomic E-state index is 12.2. The average Bonchev–Trinajstić information content (AvgIpc) is 2.92. The summed E-state index contributed by atoms with van der Waals surface area (Å²) >= 11 is 7.28. The highest BCUT2D eigenvalue weighted by Crippen LogP contribution is 2.21. The fourth-order valence-corrected chi connectivity index (χ4v) is 2.55. The number of nitrogens with one attached hydrogen (secondary N) is 1. The predicted octanol–water partition coefficient (Wildman–Crippen LogP) is 2.65. The van der Waals surface area contributed by atoms with Crippen molar-refractivity contribution in [2.45, 2.75) is 19.4 Å². The third kappa shape index (κ3) is 3.21. The molecule has 19 heavy (non-hydrogen) atoms. The number of anilines is 1. The van der Waals surface area contributed by atoms with Crippen molar-refractivity contribution in [3.8, 4) is 0 Å². The van der Waals surface area contributed by atoms with Gasteiger partial charge in [0.2, 0.25) is 0 Å². The van der Waals surface area contributed by atoms with Gasteiger partial charge in [0.25, 0.3) is 5.91 Å². The molecule has 0 aliphatic carbocycles. The predicted molar refractivity (Wildman–Crippen MR) is 76.3 cm³/mol. The smallest absolute Gasteiger partial charge is 0.254 e. The van der Waals surface area contributed by atoms with Gasteiger partial charge in [-0.05, 0) is 12.5 Å². The lowest BCUT2D eigenvalue weighted by Crippen LogP contribution is -2.28. The average molecular weight is 297 g/mol. The molecule has 100 valence electrons. The van der Waals surface area contributed by atoms with Crippen LogP contribution in [0.5, 0.6) is 0 Å². The van der Waals surface area contributed by atoms with Crippen molar-refractivity contribution in [3.63, 3.8) is 0 Å². The Balaban J connectivity index is 2.18. The van der Waals surface area contributed by atoms with Crippen LogP contribution in [0.25, 0.3) is 0 Å². The molecule has 0 aromatic carbocycles. The highest BCUT2D eigenvalue weighted by atomic mass is 35.5. The summed E-state index contributed by atoms with van der Waals surface area (Å²) in [6.07, 6.45) is 3.84. The molecule has 1 amide bonds. The number of rotatable bonds is 4. The van der Waals surface area contributed by atoms with E-state index in [1.54, 1.807) is 6.20 Å². The van der Waals surface area contributed by atoms with Crippen LogP contribution in [0.4, 0.5) is 5.69 Å². The summed E-state index contributed by atoms with van der Waals surface area (Å²) in [6, 6.07) is 1.33. The molecule has 0 radical (unpaired) electrons. The summed E-state index contributed by atoms with van der Waals surface area (Å²) in [5.41, 5.74) is 6.36. The van der Waals surface area contributed by atoms with Crippen LogP contribution >= 0.6 is 22.9 Å². The monoisotopic (exact) mass is 296 g/mol. The summed E-state index contributed by atoms with van der Waals surface area (Å²) < 4.78 is 0. The second-order valence-corrected chi connectivity index (χ2v) is 5.21. The van der Waals surface area contributed by atoms with Crippen LogP contribution < -0.4 is 11.1 Å². The van der Waals surface area contributed by atoms with Gasteiger partial charge in [0.1, 0.15) is 10.2 Å². The Morgan fingerprint density at radius 2 is 2.37 bits per heavy atom. The van der Waals surface area contributed by atoms with Crippen LogP contribution in [0.2, 0.25) is 5.15 Å². The molecule has 0 saturated heterocycles. The number of amides is 1. The Morgan fingerprint density at radius 3 is 3.00 bits per heavy atom. The van der Waals surface area contributed by atoms with E-state index in [2.05, 4.69) is 15.3 Å². The number of nitrogens with zero attached hydrogens (tertiary/aromatic N) is 2. The minimum absolute atomic E-state index is 0.126. The van der Waals surface area contributed by atoms with Gasteiger partial charge < -0.3 is 11.1 Å². The molecule has 2 aromatic heterocycles. The first kappa shape index (κ1) is 13.8. The number of halogens is 1. The van der Waals surface area contributed by atoms with Crippen molar-refractivity contribution in [1.29, 1.82) is 0 Å². The van der Waals surface area contributed by atoms with Crippen LogP contribution in [0, 0.1) is 0 Å². The zero-order valence-corrected chi connectivity index (χ0v) is 11.8. The largest absolute Gasteiger partial charge is 0.397 e. The molecular weight excluding hydrogens is 284 g/mol. The van der Waals surface area contributed by atoms with E-state index in [1.165, 1.54) is 23.6 Å². The van der Waals surface area contributed by atoms with E-state index in [0.717, 1.165) is 11.4 Å². The van der Waals surface area contributed by atoms with Gasteiger partial charge in [0.05, 0.1) is 23.5 Å². The molecule has 0 fully saturated rings. The highest BCUT2D eigenvalue weighted by Gasteiger charge is 2.18. The van der Waals surface area contributed by atoms with E-state index < -0.39 is 0 Å². The Kier molecular flexibility index (Phi) is 4.34. The number of hydrogen-bond acceptors (Lipinski definition) is 5. The summed E-state index contributed by atoms with van der Waals surface area (Å²) in [5, 5.41) is 5.88. The van der Waals surface area contributed by atoms with Gasteiger partial charge in [0, 0.05) is 11.6 Å². The molecule has 1 atom stereocenters. The third-order valence-electron chi connectivity index (χ3n) is 2.61. The van der Waals surface area contributed by atoms with Crippen LogP contribution in [-0.4, -0.2) is 15.9 Å². The van der Waals surface area contributed by atoms with Crippen molar-refractivity contribution in [1.82, 2.24) is 15.3 Å². The zero-order valence-electron chi connectivity index (χ0n) is 10.3. The van der Waals surface area contributed by atoms with Gasteiger partial charge in [0.15, 0.2) is 0 Å². The molecule has 0 spiro atoms. The Bertz CT molecular complexity index is 573. The van der Waals surface area contributed by atoms with Crippen LogP contribution in [-0.2, 0) is 0 Å². The maximum atomic E-state index is 12.2. The number of nitrogen functional groups attached to an aromatic ring is 1. The van der Waals surface area contributed by atoms with Crippen LogP contribution in [0.15, 0.2) is 23.8 Å².